The first-order valence-corrected chi connectivity index (χ1v) is 5.55. The van der Waals surface area contributed by atoms with E-state index in [1.165, 1.54) is 18.4 Å². The Morgan fingerprint density at radius 1 is 1.33 bits per heavy atom. The first-order chi connectivity index (χ1) is 7.40. The molecule has 1 fully saturated rings. The van der Waals surface area contributed by atoms with Crippen molar-refractivity contribution in [2.75, 3.05) is 6.54 Å². The highest BCUT2D eigenvalue weighted by Crippen LogP contribution is 2.21. The van der Waals surface area contributed by atoms with Crippen molar-refractivity contribution in [2.45, 2.75) is 31.8 Å². The van der Waals surface area contributed by atoms with Gasteiger partial charge < -0.3 is 0 Å². The monoisotopic (exact) mass is 200 g/mol. The topological polar surface area (TPSA) is 27.0 Å². The molecule has 1 saturated heterocycles. The Kier molecular flexibility index (Phi) is 3.37. The summed E-state index contributed by atoms with van der Waals surface area (Å²) in [6, 6.07) is 13.3. The first kappa shape index (κ1) is 10.2. The molecule has 0 saturated carbocycles. The maximum atomic E-state index is 8.73. The predicted octanol–water partition coefficient (Wildman–Crippen LogP) is 2.56. The molecule has 0 amide bonds. The normalized spacial score (nSPS) is 21.4. The molecular weight excluding hydrogens is 184 g/mol. The number of nitriles is 1. The van der Waals surface area contributed by atoms with E-state index in [0.29, 0.717) is 12.5 Å². The zero-order valence-electron chi connectivity index (χ0n) is 8.89. The van der Waals surface area contributed by atoms with Crippen molar-refractivity contribution in [2.24, 2.45) is 0 Å². The van der Waals surface area contributed by atoms with Crippen LogP contribution in [0.1, 0.15) is 24.8 Å². The van der Waals surface area contributed by atoms with Gasteiger partial charge in [0.1, 0.15) is 0 Å². The molecule has 1 heterocycles. The Morgan fingerprint density at radius 2 is 2.13 bits per heavy atom. The fourth-order valence-electron chi connectivity index (χ4n) is 2.26. The minimum absolute atomic E-state index is 0.482. The zero-order chi connectivity index (χ0) is 10.5. The van der Waals surface area contributed by atoms with Crippen molar-refractivity contribution in [3.05, 3.63) is 35.9 Å². The van der Waals surface area contributed by atoms with Crippen molar-refractivity contribution in [3.8, 4) is 6.07 Å². The van der Waals surface area contributed by atoms with Crippen LogP contribution in [0.4, 0.5) is 0 Å². The van der Waals surface area contributed by atoms with Crippen molar-refractivity contribution in [3.63, 3.8) is 0 Å². The van der Waals surface area contributed by atoms with Crippen LogP contribution >= 0.6 is 0 Å². The Bertz CT molecular complexity index is 339. The van der Waals surface area contributed by atoms with Crippen LogP contribution in [0.25, 0.3) is 0 Å². The fourth-order valence-corrected chi connectivity index (χ4v) is 2.26. The fraction of sp³-hybridized carbons (Fsp3) is 0.462. The molecule has 78 valence electrons. The van der Waals surface area contributed by atoms with Gasteiger partial charge in [-0.15, -0.1) is 0 Å². The number of benzene rings is 1. The molecule has 0 aromatic heterocycles. The predicted molar refractivity (Wildman–Crippen MR) is 60.1 cm³/mol. The second-order valence-electron chi connectivity index (χ2n) is 4.11. The molecule has 1 aliphatic heterocycles. The van der Waals surface area contributed by atoms with Gasteiger partial charge in [-0.1, -0.05) is 30.3 Å². The summed E-state index contributed by atoms with van der Waals surface area (Å²) in [6.07, 6.45) is 3.09. The molecule has 0 N–H and O–H groups in total. The van der Waals surface area contributed by atoms with Gasteiger partial charge in [-0.2, -0.15) is 5.26 Å². The highest BCUT2D eigenvalue weighted by atomic mass is 15.2. The molecule has 0 radical (unpaired) electrons. The molecule has 1 aliphatic rings. The summed E-state index contributed by atoms with van der Waals surface area (Å²) in [4.78, 5) is 2.43. The van der Waals surface area contributed by atoms with Gasteiger partial charge in [-0.25, -0.2) is 0 Å². The molecule has 1 aromatic rings. The minimum atomic E-state index is 0.482. The number of hydrogen-bond donors (Lipinski definition) is 0. The van der Waals surface area contributed by atoms with E-state index < -0.39 is 0 Å². The second-order valence-corrected chi connectivity index (χ2v) is 4.11. The molecule has 0 aliphatic carbocycles. The number of nitrogens with zero attached hydrogens (tertiary/aromatic N) is 2. The van der Waals surface area contributed by atoms with Gasteiger partial charge >= 0.3 is 0 Å². The summed E-state index contributed by atoms with van der Waals surface area (Å²) < 4.78 is 0. The van der Waals surface area contributed by atoms with E-state index in [2.05, 4.69) is 35.2 Å². The van der Waals surface area contributed by atoms with Crippen molar-refractivity contribution < 1.29 is 0 Å². The van der Waals surface area contributed by atoms with E-state index >= 15 is 0 Å². The lowest BCUT2D eigenvalue weighted by Crippen LogP contribution is -2.28. The maximum absolute atomic E-state index is 8.73. The van der Waals surface area contributed by atoms with Crippen LogP contribution in [0.15, 0.2) is 30.3 Å². The second kappa shape index (κ2) is 4.95. The summed E-state index contributed by atoms with van der Waals surface area (Å²) >= 11 is 0. The van der Waals surface area contributed by atoms with E-state index in [1.54, 1.807) is 0 Å². The highest BCUT2D eigenvalue weighted by molar-refractivity contribution is 5.14. The van der Waals surface area contributed by atoms with Gasteiger partial charge in [-0.3, -0.25) is 4.90 Å². The van der Waals surface area contributed by atoms with E-state index in [0.717, 1.165) is 13.1 Å². The molecule has 1 aromatic carbocycles. The van der Waals surface area contributed by atoms with E-state index in [1.807, 2.05) is 6.07 Å². The van der Waals surface area contributed by atoms with E-state index in [4.69, 9.17) is 5.26 Å². The van der Waals surface area contributed by atoms with Gasteiger partial charge in [0.2, 0.25) is 0 Å². The molecular formula is C13H16N2. The van der Waals surface area contributed by atoms with Gasteiger partial charge in [0.25, 0.3) is 0 Å². The largest absolute Gasteiger partial charge is 0.295 e. The summed E-state index contributed by atoms with van der Waals surface area (Å²) in [5, 5.41) is 8.73. The number of rotatable bonds is 3. The molecule has 15 heavy (non-hydrogen) atoms. The summed E-state index contributed by atoms with van der Waals surface area (Å²) in [5.41, 5.74) is 1.35. The van der Waals surface area contributed by atoms with Crippen molar-refractivity contribution in [1.82, 2.24) is 4.90 Å². The van der Waals surface area contributed by atoms with Crippen LogP contribution in [-0.2, 0) is 6.54 Å². The number of hydrogen-bond acceptors (Lipinski definition) is 2. The molecule has 0 unspecified atom stereocenters. The summed E-state index contributed by atoms with van der Waals surface area (Å²) in [5.74, 6) is 0. The Hall–Kier alpha value is -1.33. The van der Waals surface area contributed by atoms with Crippen LogP contribution in [0.5, 0.6) is 0 Å². The van der Waals surface area contributed by atoms with Gasteiger partial charge in [0.15, 0.2) is 0 Å². The number of likely N-dealkylation sites (tertiary alicyclic amines) is 1. The molecule has 2 rings (SSSR count). The lowest BCUT2D eigenvalue weighted by molar-refractivity contribution is 0.248. The zero-order valence-corrected chi connectivity index (χ0v) is 8.89. The molecule has 2 nitrogen and oxygen atoms in total. The SMILES string of the molecule is N#CC[C@@H]1CCCN1Cc1ccccc1. The Labute approximate surface area is 91.1 Å². The molecule has 2 heteroatoms. The Balaban J connectivity index is 1.97. The summed E-state index contributed by atoms with van der Waals surface area (Å²) in [6.45, 7) is 2.13. The van der Waals surface area contributed by atoms with E-state index in [-0.39, 0.29) is 0 Å². The van der Waals surface area contributed by atoms with Crippen LogP contribution in [0.2, 0.25) is 0 Å². The highest BCUT2D eigenvalue weighted by Gasteiger charge is 2.23. The van der Waals surface area contributed by atoms with E-state index in [9.17, 15) is 0 Å². The lowest BCUT2D eigenvalue weighted by Gasteiger charge is -2.22. The molecule has 1 atom stereocenters. The van der Waals surface area contributed by atoms with Crippen LogP contribution in [0.3, 0.4) is 0 Å². The van der Waals surface area contributed by atoms with Crippen LogP contribution in [-0.4, -0.2) is 17.5 Å². The Morgan fingerprint density at radius 3 is 2.87 bits per heavy atom. The van der Waals surface area contributed by atoms with Crippen LogP contribution < -0.4 is 0 Å². The van der Waals surface area contributed by atoms with Crippen LogP contribution in [0, 0.1) is 11.3 Å². The average molecular weight is 200 g/mol. The molecule has 0 bridgehead atoms. The third-order valence-electron chi connectivity index (χ3n) is 3.05. The van der Waals surface area contributed by atoms with Crippen molar-refractivity contribution in [1.29, 1.82) is 5.26 Å². The van der Waals surface area contributed by atoms with Crippen molar-refractivity contribution >= 4 is 0 Å². The van der Waals surface area contributed by atoms with Gasteiger partial charge in [0.05, 0.1) is 12.5 Å². The smallest absolute Gasteiger partial charge is 0.0638 e. The maximum Gasteiger partial charge on any atom is 0.0638 e. The molecule has 0 spiro atoms. The van der Waals surface area contributed by atoms with Gasteiger partial charge in [-0.05, 0) is 24.9 Å². The first-order valence-electron chi connectivity index (χ1n) is 5.55. The third-order valence-corrected chi connectivity index (χ3v) is 3.05. The average Bonchev–Trinajstić information content (AvgIpc) is 2.68. The quantitative estimate of drug-likeness (QED) is 0.749. The van der Waals surface area contributed by atoms with Gasteiger partial charge in [0, 0.05) is 12.6 Å². The third kappa shape index (κ3) is 2.57. The summed E-state index contributed by atoms with van der Waals surface area (Å²) in [7, 11) is 0. The lowest BCUT2D eigenvalue weighted by atomic mass is 10.1. The standard InChI is InChI=1S/C13H16N2/c14-9-8-13-7-4-10-15(13)11-12-5-2-1-3-6-12/h1-3,5-6,13H,4,7-8,10-11H2/t13-/m0/s1. The minimum Gasteiger partial charge on any atom is -0.295 e.